The number of hydrogen-bond donors (Lipinski definition) is 0. The number of likely N-dealkylation sites (N-methyl/N-ethyl adjacent to an activating group) is 1. The lowest BCUT2D eigenvalue weighted by Gasteiger charge is -2.35. The van der Waals surface area contributed by atoms with Crippen LogP contribution in [0.3, 0.4) is 0 Å². The second kappa shape index (κ2) is 10.9. The minimum atomic E-state index is 0.145. The molecule has 1 aliphatic rings. The summed E-state index contributed by atoms with van der Waals surface area (Å²) in [6.07, 6.45) is 0.639. The van der Waals surface area contributed by atoms with Gasteiger partial charge in [0.2, 0.25) is 11.0 Å². The molecule has 4 rings (SSSR count). The number of anilines is 1. The van der Waals surface area contributed by atoms with Crippen molar-refractivity contribution in [3.8, 4) is 0 Å². The zero-order valence-electron chi connectivity index (χ0n) is 18.3. The van der Waals surface area contributed by atoms with Gasteiger partial charge in [-0.2, -0.15) is 4.37 Å². The second-order valence-corrected chi connectivity index (χ2v) is 9.12. The Kier molecular flexibility index (Phi) is 7.73. The summed E-state index contributed by atoms with van der Waals surface area (Å²) in [6.45, 7) is 7.55. The minimum Gasteiger partial charge on any atom is -0.339 e. The average Bonchev–Trinajstić information content (AvgIpc) is 3.29. The quantitative estimate of drug-likeness (QED) is 0.500. The van der Waals surface area contributed by atoms with Crippen molar-refractivity contribution in [2.75, 3.05) is 44.2 Å². The summed E-state index contributed by atoms with van der Waals surface area (Å²) in [5.74, 6) is 0.903. The Morgan fingerprint density at radius 3 is 2.44 bits per heavy atom. The van der Waals surface area contributed by atoms with Gasteiger partial charge in [0.25, 0.3) is 0 Å². The van der Waals surface area contributed by atoms with Crippen molar-refractivity contribution >= 4 is 34.2 Å². The van der Waals surface area contributed by atoms with E-state index < -0.39 is 0 Å². The third-order valence-electron chi connectivity index (χ3n) is 5.72. The molecule has 1 saturated heterocycles. The molecular weight excluding hydrogens is 442 g/mol. The Balaban J connectivity index is 1.47. The van der Waals surface area contributed by atoms with Gasteiger partial charge in [0.05, 0.1) is 6.54 Å². The highest BCUT2D eigenvalue weighted by Gasteiger charge is 2.24. The number of nitrogens with zero attached hydrogens (tertiary/aromatic N) is 5. The van der Waals surface area contributed by atoms with E-state index in [0.717, 1.165) is 54.8 Å². The van der Waals surface area contributed by atoms with Gasteiger partial charge in [-0.1, -0.05) is 61.0 Å². The van der Waals surface area contributed by atoms with Gasteiger partial charge in [-0.3, -0.25) is 4.79 Å². The topological polar surface area (TPSA) is 52.6 Å². The molecule has 1 aromatic heterocycles. The third kappa shape index (κ3) is 6.06. The van der Waals surface area contributed by atoms with Gasteiger partial charge in [0.1, 0.15) is 5.82 Å². The zero-order chi connectivity index (χ0) is 22.3. The molecule has 0 radical (unpaired) electrons. The zero-order valence-corrected chi connectivity index (χ0v) is 19.9. The van der Waals surface area contributed by atoms with E-state index in [9.17, 15) is 4.79 Å². The Morgan fingerprint density at radius 2 is 1.75 bits per heavy atom. The maximum absolute atomic E-state index is 13.1. The molecule has 8 heteroatoms. The SMILES string of the molecule is CCN1CCN(C(=O)CN(Cc2ccccc2)c2nc(Cc3ccc(Cl)cc3)ns2)CC1. The van der Waals surface area contributed by atoms with E-state index in [1.54, 1.807) is 0 Å². The first-order valence-electron chi connectivity index (χ1n) is 11.0. The highest BCUT2D eigenvalue weighted by atomic mass is 35.5. The molecule has 0 atom stereocenters. The van der Waals surface area contributed by atoms with Gasteiger partial charge in [0, 0.05) is 55.7 Å². The number of amides is 1. The van der Waals surface area contributed by atoms with Crippen LogP contribution in [0.4, 0.5) is 5.13 Å². The molecule has 32 heavy (non-hydrogen) atoms. The Hall–Kier alpha value is -2.48. The van der Waals surface area contributed by atoms with Gasteiger partial charge < -0.3 is 14.7 Å². The van der Waals surface area contributed by atoms with Crippen molar-refractivity contribution in [2.45, 2.75) is 19.9 Å². The number of halogens is 1. The van der Waals surface area contributed by atoms with E-state index in [2.05, 4.69) is 28.3 Å². The molecule has 168 valence electrons. The van der Waals surface area contributed by atoms with E-state index in [1.807, 2.05) is 52.3 Å². The van der Waals surface area contributed by atoms with Crippen LogP contribution in [-0.4, -0.2) is 64.3 Å². The molecule has 1 amide bonds. The molecule has 0 aliphatic carbocycles. The lowest BCUT2D eigenvalue weighted by molar-refractivity contribution is -0.131. The van der Waals surface area contributed by atoms with Gasteiger partial charge in [-0.15, -0.1) is 0 Å². The highest BCUT2D eigenvalue weighted by molar-refractivity contribution is 7.09. The summed E-state index contributed by atoms with van der Waals surface area (Å²) >= 11 is 7.34. The second-order valence-electron chi connectivity index (χ2n) is 7.95. The van der Waals surface area contributed by atoms with Crippen LogP contribution in [0.2, 0.25) is 5.02 Å². The summed E-state index contributed by atoms with van der Waals surface area (Å²) in [5.41, 5.74) is 2.25. The fourth-order valence-corrected chi connectivity index (χ4v) is 4.61. The molecule has 2 aromatic carbocycles. The first-order chi connectivity index (χ1) is 15.6. The molecule has 3 aromatic rings. The Labute approximate surface area is 198 Å². The lowest BCUT2D eigenvalue weighted by atomic mass is 10.1. The van der Waals surface area contributed by atoms with E-state index in [-0.39, 0.29) is 5.91 Å². The largest absolute Gasteiger partial charge is 0.339 e. The summed E-state index contributed by atoms with van der Waals surface area (Å²) in [5, 5.41) is 1.49. The van der Waals surface area contributed by atoms with Gasteiger partial charge in [-0.05, 0) is 29.8 Å². The standard InChI is InChI=1S/C24H28ClN5OS/c1-2-28-12-14-29(15-13-28)23(31)18-30(17-20-6-4-3-5-7-20)24-26-22(27-32-24)16-19-8-10-21(25)11-9-19/h3-11H,2,12-18H2,1H3. The first-order valence-corrected chi connectivity index (χ1v) is 12.1. The number of aromatic nitrogens is 2. The van der Waals surface area contributed by atoms with Crippen LogP contribution < -0.4 is 4.90 Å². The number of rotatable bonds is 8. The predicted octanol–water partition coefficient (Wildman–Crippen LogP) is 3.95. The molecule has 6 nitrogen and oxygen atoms in total. The molecule has 2 heterocycles. The van der Waals surface area contributed by atoms with Crippen LogP contribution in [0.25, 0.3) is 0 Å². The van der Waals surface area contributed by atoms with Crippen molar-refractivity contribution in [3.05, 3.63) is 76.6 Å². The smallest absolute Gasteiger partial charge is 0.242 e. The average molecular weight is 470 g/mol. The molecule has 0 spiro atoms. The van der Waals surface area contributed by atoms with Crippen LogP contribution in [0.5, 0.6) is 0 Å². The monoisotopic (exact) mass is 469 g/mol. The van der Waals surface area contributed by atoms with Crippen molar-refractivity contribution in [3.63, 3.8) is 0 Å². The van der Waals surface area contributed by atoms with E-state index in [1.165, 1.54) is 11.5 Å². The molecule has 0 bridgehead atoms. The van der Waals surface area contributed by atoms with Crippen molar-refractivity contribution in [1.82, 2.24) is 19.2 Å². The van der Waals surface area contributed by atoms with E-state index in [0.29, 0.717) is 24.5 Å². The number of carbonyl (C=O) groups excluding carboxylic acids is 1. The van der Waals surface area contributed by atoms with Crippen LogP contribution in [0.1, 0.15) is 23.9 Å². The fourth-order valence-electron chi connectivity index (χ4n) is 3.80. The summed E-state index contributed by atoms with van der Waals surface area (Å²) < 4.78 is 4.56. The van der Waals surface area contributed by atoms with Crippen molar-refractivity contribution in [2.24, 2.45) is 0 Å². The Morgan fingerprint density at radius 1 is 1.03 bits per heavy atom. The van der Waals surface area contributed by atoms with E-state index in [4.69, 9.17) is 16.6 Å². The summed E-state index contributed by atoms with van der Waals surface area (Å²) in [7, 11) is 0. The number of benzene rings is 2. The minimum absolute atomic E-state index is 0.145. The van der Waals surface area contributed by atoms with E-state index >= 15 is 0 Å². The molecule has 1 fully saturated rings. The lowest BCUT2D eigenvalue weighted by Crippen LogP contribution is -2.51. The summed E-state index contributed by atoms with van der Waals surface area (Å²) in [4.78, 5) is 24.3. The fraction of sp³-hybridized carbons (Fsp3) is 0.375. The van der Waals surface area contributed by atoms with Crippen molar-refractivity contribution < 1.29 is 4.79 Å². The number of piperazine rings is 1. The predicted molar refractivity (Wildman–Crippen MR) is 130 cm³/mol. The van der Waals surface area contributed by atoms with Gasteiger partial charge >= 0.3 is 0 Å². The third-order valence-corrected chi connectivity index (χ3v) is 6.78. The van der Waals surface area contributed by atoms with Crippen molar-refractivity contribution in [1.29, 1.82) is 0 Å². The van der Waals surface area contributed by atoms with Gasteiger partial charge in [0.15, 0.2) is 0 Å². The Bertz CT molecular complexity index is 1000. The van der Waals surface area contributed by atoms with Crippen LogP contribution >= 0.6 is 23.1 Å². The van der Waals surface area contributed by atoms with Crippen LogP contribution in [0, 0.1) is 0 Å². The van der Waals surface area contributed by atoms with Gasteiger partial charge in [-0.25, -0.2) is 4.98 Å². The number of carbonyl (C=O) groups is 1. The molecule has 0 N–H and O–H groups in total. The highest BCUT2D eigenvalue weighted by Crippen LogP contribution is 2.22. The molecule has 0 saturated carbocycles. The molecular formula is C24H28ClN5OS. The molecule has 0 unspecified atom stereocenters. The van der Waals surface area contributed by atoms with Crippen LogP contribution in [0.15, 0.2) is 54.6 Å². The molecule has 1 aliphatic heterocycles. The maximum Gasteiger partial charge on any atom is 0.242 e. The van der Waals surface area contributed by atoms with Crippen LogP contribution in [-0.2, 0) is 17.8 Å². The maximum atomic E-state index is 13.1. The normalized spacial score (nSPS) is 14.5. The first kappa shape index (κ1) is 22.7. The summed E-state index contributed by atoms with van der Waals surface area (Å²) in [6, 6.07) is 17.9. The number of hydrogen-bond acceptors (Lipinski definition) is 6.